The molecular formula is C17H22FN3O2S. The molecule has 2 rings (SSSR count). The van der Waals surface area contributed by atoms with Gasteiger partial charge in [-0.1, -0.05) is 13.8 Å². The number of rotatable bonds is 8. The minimum absolute atomic E-state index is 0.00608. The van der Waals surface area contributed by atoms with Gasteiger partial charge in [-0.25, -0.2) is 17.8 Å². The van der Waals surface area contributed by atoms with Crippen LogP contribution in [0.15, 0.2) is 47.5 Å². The van der Waals surface area contributed by atoms with Gasteiger partial charge in [-0.15, -0.1) is 0 Å². The molecule has 1 aromatic carbocycles. The molecular weight excluding hydrogens is 329 g/mol. The fourth-order valence-corrected chi connectivity index (χ4v) is 3.39. The van der Waals surface area contributed by atoms with Crippen molar-refractivity contribution in [1.29, 1.82) is 0 Å². The first kappa shape index (κ1) is 18.2. The van der Waals surface area contributed by atoms with Crippen molar-refractivity contribution < 1.29 is 12.8 Å². The van der Waals surface area contributed by atoms with Gasteiger partial charge in [0.25, 0.3) is 10.0 Å². The van der Waals surface area contributed by atoms with Crippen molar-refractivity contribution in [2.24, 2.45) is 0 Å². The zero-order valence-corrected chi connectivity index (χ0v) is 14.7. The van der Waals surface area contributed by atoms with Gasteiger partial charge < -0.3 is 4.90 Å². The Bertz CT molecular complexity index is 740. The van der Waals surface area contributed by atoms with Crippen molar-refractivity contribution >= 4 is 21.5 Å². The van der Waals surface area contributed by atoms with Crippen LogP contribution in [0.2, 0.25) is 0 Å². The van der Waals surface area contributed by atoms with Gasteiger partial charge in [0.05, 0.1) is 16.8 Å². The smallest absolute Gasteiger partial charge is 0.261 e. The Morgan fingerprint density at radius 2 is 1.67 bits per heavy atom. The van der Waals surface area contributed by atoms with Crippen LogP contribution in [-0.2, 0) is 10.0 Å². The van der Waals surface area contributed by atoms with E-state index in [-0.39, 0.29) is 4.90 Å². The number of nitrogens with one attached hydrogen (secondary N) is 1. The highest BCUT2D eigenvalue weighted by atomic mass is 32.2. The van der Waals surface area contributed by atoms with Gasteiger partial charge in [0.1, 0.15) is 11.6 Å². The van der Waals surface area contributed by atoms with Crippen molar-refractivity contribution in [2.45, 2.75) is 31.6 Å². The van der Waals surface area contributed by atoms with Crippen LogP contribution in [-0.4, -0.2) is 26.5 Å². The lowest BCUT2D eigenvalue weighted by Crippen LogP contribution is -2.25. The van der Waals surface area contributed by atoms with Gasteiger partial charge in [0.2, 0.25) is 0 Å². The molecule has 1 aromatic heterocycles. The molecule has 0 aliphatic carbocycles. The van der Waals surface area contributed by atoms with Gasteiger partial charge in [-0.2, -0.15) is 0 Å². The number of pyridine rings is 1. The summed E-state index contributed by atoms with van der Waals surface area (Å²) in [6.07, 6.45) is 3.52. The second-order valence-electron chi connectivity index (χ2n) is 5.45. The molecule has 0 unspecified atom stereocenters. The summed E-state index contributed by atoms with van der Waals surface area (Å²) in [6, 6.07) is 8.16. The summed E-state index contributed by atoms with van der Waals surface area (Å²) in [4.78, 5) is 6.52. The van der Waals surface area contributed by atoms with Gasteiger partial charge in [0.15, 0.2) is 0 Å². The molecule has 0 aliphatic heterocycles. The number of halogens is 1. The molecule has 0 aliphatic rings. The summed E-state index contributed by atoms with van der Waals surface area (Å²) in [7, 11) is -3.75. The molecule has 0 saturated carbocycles. The minimum atomic E-state index is -3.75. The summed E-state index contributed by atoms with van der Waals surface area (Å²) >= 11 is 0. The average Bonchev–Trinajstić information content (AvgIpc) is 2.55. The highest BCUT2D eigenvalue weighted by Gasteiger charge is 2.14. The lowest BCUT2D eigenvalue weighted by molar-refractivity contribution is 0.599. The van der Waals surface area contributed by atoms with E-state index in [0.29, 0.717) is 5.69 Å². The molecule has 2 aromatic rings. The SMILES string of the molecule is CCCN(CCC)c1ccc(NS(=O)(=O)c2ccc(F)cc2)cn1. The fraction of sp³-hybridized carbons (Fsp3) is 0.353. The topological polar surface area (TPSA) is 62.3 Å². The first-order valence-corrected chi connectivity index (χ1v) is 9.44. The van der Waals surface area contributed by atoms with E-state index in [9.17, 15) is 12.8 Å². The van der Waals surface area contributed by atoms with Crippen LogP contribution in [0.25, 0.3) is 0 Å². The zero-order chi connectivity index (χ0) is 17.6. The van der Waals surface area contributed by atoms with Gasteiger partial charge in [-0.05, 0) is 49.2 Å². The number of anilines is 2. The summed E-state index contributed by atoms with van der Waals surface area (Å²) in [6.45, 7) is 6.02. The van der Waals surface area contributed by atoms with Crippen LogP contribution in [0.1, 0.15) is 26.7 Å². The second-order valence-corrected chi connectivity index (χ2v) is 7.13. The lowest BCUT2D eigenvalue weighted by atomic mass is 10.3. The molecule has 5 nitrogen and oxygen atoms in total. The predicted molar refractivity (Wildman–Crippen MR) is 94.2 cm³/mol. The van der Waals surface area contributed by atoms with Gasteiger partial charge in [-0.3, -0.25) is 4.72 Å². The Balaban J connectivity index is 2.14. The molecule has 0 atom stereocenters. The van der Waals surface area contributed by atoms with E-state index >= 15 is 0 Å². The minimum Gasteiger partial charge on any atom is -0.357 e. The number of benzene rings is 1. The number of sulfonamides is 1. The summed E-state index contributed by atoms with van der Waals surface area (Å²) in [5.41, 5.74) is 0.371. The highest BCUT2D eigenvalue weighted by molar-refractivity contribution is 7.92. The molecule has 0 amide bonds. The fourth-order valence-electron chi connectivity index (χ4n) is 2.34. The maximum atomic E-state index is 12.9. The Labute approximate surface area is 142 Å². The summed E-state index contributed by atoms with van der Waals surface area (Å²) in [5.74, 6) is 0.343. The second kappa shape index (κ2) is 8.10. The van der Waals surface area contributed by atoms with E-state index in [4.69, 9.17) is 0 Å². The van der Waals surface area contributed by atoms with E-state index in [1.165, 1.54) is 18.3 Å². The predicted octanol–water partition coefficient (Wildman–Crippen LogP) is 3.65. The standard InChI is InChI=1S/C17H22FN3O2S/c1-3-11-21(12-4-2)17-10-7-15(13-19-17)20-24(22,23)16-8-5-14(18)6-9-16/h5-10,13,20H,3-4,11-12H2,1-2H3. The van der Waals surface area contributed by atoms with Crippen LogP contribution in [0.5, 0.6) is 0 Å². The molecule has 7 heteroatoms. The van der Waals surface area contributed by atoms with Gasteiger partial charge >= 0.3 is 0 Å². The molecule has 24 heavy (non-hydrogen) atoms. The number of aromatic nitrogens is 1. The normalized spacial score (nSPS) is 11.3. The Morgan fingerprint density at radius 1 is 1.04 bits per heavy atom. The van der Waals surface area contributed by atoms with E-state index in [1.807, 2.05) is 0 Å². The monoisotopic (exact) mass is 351 g/mol. The lowest BCUT2D eigenvalue weighted by Gasteiger charge is -2.22. The van der Waals surface area contributed by atoms with Crippen LogP contribution in [0.4, 0.5) is 15.9 Å². The van der Waals surface area contributed by atoms with E-state index in [1.54, 1.807) is 12.1 Å². The third-order valence-electron chi connectivity index (χ3n) is 3.44. The Hall–Kier alpha value is -2.15. The largest absolute Gasteiger partial charge is 0.357 e. The maximum Gasteiger partial charge on any atom is 0.261 e. The van der Waals surface area contributed by atoms with Crippen molar-refractivity contribution in [3.63, 3.8) is 0 Å². The molecule has 1 heterocycles. The Kier molecular flexibility index (Phi) is 6.14. The van der Waals surface area contributed by atoms with Crippen molar-refractivity contribution in [2.75, 3.05) is 22.7 Å². The quantitative estimate of drug-likeness (QED) is 0.788. The third-order valence-corrected chi connectivity index (χ3v) is 4.83. The number of nitrogens with zero attached hydrogens (tertiary/aromatic N) is 2. The molecule has 1 N–H and O–H groups in total. The van der Waals surface area contributed by atoms with Crippen LogP contribution in [0, 0.1) is 5.82 Å². The van der Waals surface area contributed by atoms with Crippen LogP contribution < -0.4 is 9.62 Å². The molecule has 0 spiro atoms. The average molecular weight is 351 g/mol. The van der Waals surface area contributed by atoms with Crippen LogP contribution in [0.3, 0.4) is 0 Å². The molecule has 0 saturated heterocycles. The third kappa shape index (κ3) is 4.67. The molecule has 0 bridgehead atoms. The molecule has 0 fully saturated rings. The van der Waals surface area contributed by atoms with Crippen molar-refractivity contribution in [3.8, 4) is 0 Å². The van der Waals surface area contributed by atoms with E-state index < -0.39 is 15.8 Å². The van der Waals surface area contributed by atoms with E-state index in [0.717, 1.165) is 43.9 Å². The molecule has 130 valence electrons. The van der Waals surface area contributed by atoms with Crippen molar-refractivity contribution in [3.05, 3.63) is 48.4 Å². The number of hydrogen-bond acceptors (Lipinski definition) is 4. The molecule has 0 radical (unpaired) electrons. The summed E-state index contributed by atoms with van der Waals surface area (Å²) in [5, 5.41) is 0. The first-order valence-electron chi connectivity index (χ1n) is 7.95. The van der Waals surface area contributed by atoms with Gasteiger partial charge in [0, 0.05) is 13.1 Å². The number of hydrogen-bond donors (Lipinski definition) is 1. The zero-order valence-electron chi connectivity index (χ0n) is 13.9. The van der Waals surface area contributed by atoms with Crippen molar-refractivity contribution in [1.82, 2.24) is 4.98 Å². The maximum absolute atomic E-state index is 12.9. The van der Waals surface area contributed by atoms with E-state index in [2.05, 4.69) is 28.5 Å². The first-order chi connectivity index (χ1) is 11.5. The Morgan fingerprint density at radius 3 is 2.17 bits per heavy atom. The van der Waals surface area contributed by atoms with Crippen LogP contribution >= 0.6 is 0 Å². The highest BCUT2D eigenvalue weighted by Crippen LogP contribution is 2.19. The summed E-state index contributed by atoms with van der Waals surface area (Å²) < 4.78 is 39.9.